The summed E-state index contributed by atoms with van der Waals surface area (Å²) < 4.78 is 18.9. The van der Waals surface area contributed by atoms with Crippen molar-refractivity contribution in [3.63, 3.8) is 0 Å². The molecule has 110 valence electrons. The van der Waals surface area contributed by atoms with Crippen molar-refractivity contribution in [1.29, 1.82) is 0 Å². The fraction of sp³-hybridized carbons (Fsp3) is 0.333. The maximum atomic E-state index is 13.1. The van der Waals surface area contributed by atoms with E-state index in [2.05, 4.69) is 0 Å². The van der Waals surface area contributed by atoms with Crippen LogP contribution in [0.3, 0.4) is 0 Å². The van der Waals surface area contributed by atoms with E-state index >= 15 is 0 Å². The van der Waals surface area contributed by atoms with E-state index in [1.807, 2.05) is 30.3 Å². The summed E-state index contributed by atoms with van der Waals surface area (Å²) in [4.78, 5) is 0. The van der Waals surface area contributed by atoms with E-state index in [1.54, 1.807) is 12.1 Å². The highest BCUT2D eigenvalue weighted by atomic mass is 19.1. The minimum atomic E-state index is -0.424. The Morgan fingerprint density at radius 3 is 2.81 bits per heavy atom. The molecule has 1 aliphatic heterocycles. The maximum Gasteiger partial charge on any atom is 0.123 e. The molecule has 2 nitrogen and oxygen atoms in total. The average Bonchev–Trinajstić information content (AvgIpc) is 2.89. The molecule has 0 saturated heterocycles. The molecular weight excluding hydrogens is 267 g/mol. The van der Waals surface area contributed by atoms with Crippen LogP contribution in [0.4, 0.5) is 4.39 Å². The highest BCUT2D eigenvalue weighted by Crippen LogP contribution is 2.31. The van der Waals surface area contributed by atoms with Gasteiger partial charge in [0.2, 0.25) is 0 Å². The highest BCUT2D eigenvalue weighted by molar-refractivity contribution is 5.37. The van der Waals surface area contributed by atoms with Gasteiger partial charge in [0.1, 0.15) is 17.7 Å². The summed E-state index contributed by atoms with van der Waals surface area (Å²) in [5.74, 6) is 0.586. The first-order valence-electron chi connectivity index (χ1n) is 7.40. The summed E-state index contributed by atoms with van der Waals surface area (Å²) in [6, 6.07) is 14.4. The van der Waals surface area contributed by atoms with Crippen LogP contribution in [0.25, 0.3) is 0 Å². The van der Waals surface area contributed by atoms with Crippen LogP contribution in [-0.4, -0.2) is 11.2 Å². The van der Waals surface area contributed by atoms with Gasteiger partial charge in [-0.3, -0.25) is 0 Å². The van der Waals surface area contributed by atoms with Gasteiger partial charge in [0, 0.05) is 12.0 Å². The molecule has 0 spiro atoms. The Bertz CT molecular complexity index is 597. The lowest BCUT2D eigenvalue weighted by molar-refractivity contribution is 0.152. The zero-order valence-electron chi connectivity index (χ0n) is 11.8. The number of aliphatic hydroxyl groups is 1. The maximum absolute atomic E-state index is 13.1. The second-order valence-electron chi connectivity index (χ2n) is 5.55. The van der Waals surface area contributed by atoms with Crippen molar-refractivity contribution in [1.82, 2.24) is 0 Å². The van der Waals surface area contributed by atoms with Crippen molar-refractivity contribution in [2.75, 3.05) is 0 Å². The van der Waals surface area contributed by atoms with Crippen LogP contribution in [0.2, 0.25) is 0 Å². The molecule has 0 bridgehead atoms. The third-order valence-electron chi connectivity index (χ3n) is 3.95. The standard InChI is InChI=1S/C18H19FO2/c19-15-9-10-18-14(11-15)12-16(21-18)7-4-8-17(20)13-5-2-1-3-6-13/h1-3,5-6,9-11,16-17,20H,4,7-8,12H2. The molecule has 2 unspecified atom stereocenters. The Morgan fingerprint density at radius 1 is 1.19 bits per heavy atom. The zero-order valence-corrected chi connectivity index (χ0v) is 11.8. The molecule has 1 heterocycles. The van der Waals surface area contributed by atoms with Crippen LogP contribution in [0.15, 0.2) is 48.5 Å². The smallest absolute Gasteiger partial charge is 0.123 e. The fourth-order valence-electron chi connectivity index (χ4n) is 2.83. The van der Waals surface area contributed by atoms with Crippen molar-refractivity contribution in [2.24, 2.45) is 0 Å². The third-order valence-corrected chi connectivity index (χ3v) is 3.95. The molecule has 3 heteroatoms. The molecule has 0 radical (unpaired) electrons. The number of ether oxygens (including phenoxy) is 1. The van der Waals surface area contributed by atoms with Crippen molar-refractivity contribution < 1.29 is 14.2 Å². The van der Waals surface area contributed by atoms with Gasteiger partial charge in [-0.25, -0.2) is 4.39 Å². The van der Waals surface area contributed by atoms with Crippen molar-refractivity contribution in [3.8, 4) is 5.75 Å². The zero-order chi connectivity index (χ0) is 14.7. The van der Waals surface area contributed by atoms with E-state index in [0.29, 0.717) is 6.42 Å². The number of hydrogen-bond acceptors (Lipinski definition) is 2. The van der Waals surface area contributed by atoms with Gasteiger partial charge in [-0.15, -0.1) is 0 Å². The summed E-state index contributed by atoms with van der Waals surface area (Å²) in [6.07, 6.45) is 2.91. The topological polar surface area (TPSA) is 29.5 Å². The first-order valence-corrected chi connectivity index (χ1v) is 7.40. The molecule has 1 aliphatic rings. The first kappa shape index (κ1) is 14.1. The normalized spacial score (nSPS) is 18.1. The largest absolute Gasteiger partial charge is 0.490 e. The first-order chi connectivity index (χ1) is 10.2. The molecule has 3 rings (SSSR count). The summed E-state index contributed by atoms with van der Waals surface area (Å²) in [6.45, 7) is 0. The summed E-state index contributed by atoms with van der Waals surface area (Å²) in [5.41, 5.74) is 1.90. The van der Waals surface area contributed by atoms with Gasteiger partial charge in [-0.2, -0.15) is 0 Å². The number of rotatable bonds is 5. The number of halogens is 1. The lowest BCUT2D eigenvalue weighted by Gasteiger charge is -2.13. The van der Waals surface area contributed by atoms with Crippen LogP contribution in [-0.2, 0) is 6.42 Å². The van der Waals surface area contributed by atoms with E-state index in [-0.39, 0.29) is 11.9 Å². The van der Waals surface area contributed by atoms with E-state index < -0.39 is 6.10 Å². The van der Waals surface area contributed by atoms with Crippen LogP contribution >= 0.6 is 0 Å². The summed E-state index contributed by atoms with van der Waals surface area (Å²) in [5, 5.41) is 10.1. The minimum absolute atomic E-state index is 0.102. The number of benzene rings is 2. The van der Waals surface area contributed by atoms with Gasteiger partial charge < -0.3 is 9.84 Å². The fourth-order valence-corrected chi connectivity index (χ4v) is 2.83. The molecule has 21 heavy (non-hydrogen) atoms. The van der Waals surface area contributed by atoms with Crippen LogP contribution in [0.5, 0.6) is 5.75 Å². The minimum Gasteiger partial charge on any atom is -0.490 e. The molecule has 0 aliphatic carbocycles. The summed E-state index contributed by atoms with van der Waals surface area (Å²) in [7, 11) is 0. The van der Waals surface area contributed by atoms with Gasteiger partial charge in [0.25, 0.3) is 0 Å². The van der Waals surface area contributed by atoms with Gasteiger partial charge >= 0.3 is 0 Å². The molecule has 0 aromatic heterocycles. The van der Waals surface area contributed by atoms with E-state index in [0.717, 1.165) is 36.1 Å². The number of aliphatic hydroxyl groups excluding tert-OH is 1. The predicted molar refractivity (Wildman–Crippen MR) is 79.8 cm³/mol. The van der Waals surface area contributed by atoms with E-state index in [1.165, 1.54) is 6.07 Å². The summed E-state index contributed by atoms with van der Waals surface area (Å²) >= 11 is 0. The molecular formula is C18H19FO2. The Morgan fingerprint density at radius 2 is 2.00 bits per heavy atom. The Hall–Kier alpha value is -1.87. The Balaban J connectivity index is 1.47. The Labute approximate surface area is 124 Å². The molecule has 0 amide bonds. The van der Waals surface area contributed by atoms with Gasteiger partial charge in [-0.05, 0) is 43.0 Å². The third kappa shape index (κ3) is 3.42. The average molecular weight is 286 g/mol. The molecule has 1 N–H and O–H groups in total. The second kappa shape index (κ2) is 6.27. The quantitative estimate of drug-likeness (QED) is 0.899. The van der Waals surface area contributed by atoms with E-state index in [4.69, 9.17) is 4.74 Å². The lowest BCUT2D eigenvalue weighted by atomic mass is 10.0. The molecule has 0 saturated carbocycles. The second-order valence-corrected chi connectivity index (χ2v) is 5.55. The SMILES string of the molecule is OC(CCCC1Cc2cc(F)ccc2O1)c1ccccc1. The number of fused-ring (bicyclic) bond motifs is 1. The molecule has 2 atom stereocenters. The lowest BCUT2D eigenvalue weighted by Crippen LogP contribution is -2.13. The van der Waals surface area contributed by atoms with Gasteiger partial charge in [0.05, 0.1) is 6.10 Å². The number of hydrogen-bond donors (Lipinski definition) is 1. The van der Waals surface area contributed by atoms with Crippen LogP contribution < -0.4 is 4.74 Å². The van der Waals surface area contributed by atoms with Crippen molar-refractivity contribution >= 4 is 0 Å². The van der Waals surface area contributed by atoms with E-state index in [9.17, 15) is 9.50 Å². The molecule has 2 aromatic carbocycles. The van der Waals surface area contributed by atoms with Crippen LogP contribution in [0.1, 0.15) is 36.5 Å². The monoisotopic (exact) mass is 286 g/mol. The van der Waals surface area contributed by atoms with Gasteiger partial charge in [0.15, 0.2) is 0 Å². The van der Waals surface area contributed by atoms with Crippen LogP contribution in [0, 0.1) is 5.82 Å². The predicted octanol–water partition coefficient (Wildman–Crippen LogP) is 4.03. The van der Waals surface area contributed by atoms with Crippen molar-refractivity contribution in [2.45, 2.75) is 37.9 Å². The molecule has 2 aromatic rings. The Kier molecular flexibility index (Phi) is 4.20. The van der Waals surface area contributed by atoms with Gasteiger partial charge in [-0.1, -0.05) is 30.3 Å². The van der Waals surface area contributed by atoms with Crippen molar-refractivity contribution in [3.05, 3.63) is 65.5 Å². The highest BCUT2D eigenvalue weighted by Gasteiger charge is 2.23. The molecule has 0 fully saturated rings.